The number of carbonyl (C=O) groups is 2. The number of hydrogen-bond acceptors (Lipinski definition) is 8. The van der Waals surface area contributed by atoms with Gasteiger partial charge in [-0.2, -0.15) is 11.8 Å². The maximum atomic E-state index is 13.8. The van der Waals surface area contributed by atoms with Crippen molar-refractivity contribution in [2.75, 3.05) is 51.2 Å². The van der Waals surface area contributed by atoms with Crippen LogP contribution in [0.15, 0.2) is 29.1 Å². The van der Waals surface area contributed by atoms with Crippen molar-refractivity contribution in [1.82, 2.24) is 10.2 Å². The second kappa shape index (κ2) is 13.5. The van der Waals surface area contributed by atoms with E-state index in [-0.39, 0.29) is 23.2 Å². The van der Waals surface area contributed by atoms with Crippen LogP contribution in [0, 0.1) is 5.92 Å². The molecular weight excluding hydrogens is 542 g/mol. The molecule has 2 aromatic rings. The molecule has 3 atom stereocenters. The Hall–Kier alpha value is -3.40. The van der Waals surface area contributed by atoms with Crippen molar-refractivity contribution in [2.24, 2.45) is 5.92 Å². The molecule has 0 aromatic heterocycles. The molecule has 0 spiro atoms. The summed E-state index contributed by atoms with van der Waals surface area (Å²) in [5.41, 5.74) is 3.26. The van der Waals surface area contributed by atoms with Crippen molar-refractivity contribution in [1.29, 1.82) is 0 Å². The third kappa shape index (κ3) is 6.42. The van der Waals surface area contributed by atoms with E-state index in [2.05, 4.69) is 10.6 Å². The lowest BCUT2D eigenvalue weighted by Gasteiger charge is -2.33. The van der Waals surface area contributed by atoms with E-state index < -0.39 is 12.1 Å². The van der Waals surface area contributed by atoms with Crippen molar-refractivity contribution < 1.29 is 23.8 Å². The number of thioether (sulfide) groups is 1. The molecule has 222 valence electrons. The molecule has 1 aliphatic carbocycles. The van der Waals surface area contributed by atoms with Crippen molar-refractivity contribution in [3.8, 4) is 28.4 Å². The lowest BCUT2D eigenvalue weighted by molar-refractivity contribution is -0.132. The van der Waals surface area contributed by atoms with Crippen LogP contribution < -0.4 is 30.3 Å². The van der Waals surface area contributed by atoms with Gasteiger partial charge in [-0.3, -0.25) is 14.4 Å². The monoisotopic (exact) mass is 583 g/mol. The van der Waals surface area contributed by atoms with Crippen molar-refractivity contribution >= 4 is 29.3 Å². The molecule has 2 aromatic carbocycles. The number of nitrogens with one attached hydrogen (secondary N) is 2. The molecule has 2 aliphatic rings. The summed E-state index contributed by atoms with van der Waals surface area (Å²) in [5.74, 6) is 3.17. The summed E-state index contributed by atoms with van der Waals surface area (Å²) in [4.78, 5) is 41.5. The van der Waals surface area contributed by atoms with Gasteiger partial charge in [0, 0.05) is 37.1 Å². The SMILES string of the molecule is CC[C@@H](C)[C@H](Nc1ccc2c(cc1=O)[C@@H](NC(C)=O)CCc1cc(OC)c(OC)c(OC)c1-2)C(=O)N1CCSCC1. The molecule has 2 N–H and O–H groups in total. The first-order valence-electron chi connectivity index (χ1n) is 14.1. The average molecular weight is 584 g/mol. The molecule has 0 bridgehead atoms. The Bertz CT molecular complexity index is 1340. The lowest BCUT2D eigenvalue weighted by Crippen LogP contribution is -2.49. The topological polar surface area (TPSA) is 106 Å². The van der Waals surface area contributed by atoms with Crippen LogP contribution in [0.3, 0.4) is 0 Å². The minimum absolute atomic E-state index is 0.0180. The van der Waals surface area contributed by atoms with Gasteiger partial charge in [0.2, 0.25) is 23.0 Å². The van der Waals surface area contributed by atoms with E-state index in [1.807, 2.05) is 42.6 Å². The molecular formula is C31H41N3O6S. The zero-order valence-electron chi connectivity index (χ0n) is 24.8. The zero-order valence-corrected chi connectivity index (χ0v) is 25.6. The van der Waals surface area contributed by atoms with Crippen LogP contribution in [0.5, 0.6) is 17.2 Å². The van der Waals surface area contributed by atoms with Gasteiger partial charge in [-0.1, -0.05) is 26.3 Å². The summed E-state index contributed by atoms with van der Waals surface area (Å²) >= 11 is 1.85. The van der Waals surface area contributed by atoms with E-state index in [1.54, 1.807) is 33.5 Å². The predicted molar refractivity (Wildman–Crippen MR) is 163 cm³/mol. The molecule has 2 amide bonds. The summed E-state index contributed by atoms with van der Waals surface area (Å²) in [6, 6.07) is 6.20. The number of benzene rings is 1. The number of amides is 2. The summed E-state index contributed by atoms with van der Waals surface area (Å²) in [5, 5.41) is 6.36. The number of methoxy groups -OCH3 is 3. The van der Waals surface area contributed by atoms with Gasteiger partial charge in [-0.15, -0.1) is 0 Å². The fourth-order valence-corrected chi connectivity index (χ4v) is 6.56. The number of anilines is 1. The maximum absolute atomic E-state index is 13.8. The number of aryl methyl sites for hydroxylation is 1. The van der Waals surface area contributed by atoms with E-state index in [0.29, 0.717) is 54.4 Å². The van der Waals surface area contributed by atoms with E-state index in [9.17, 15) is 14.4 Å². The minimum atomic E-state index is -0.532. The number of hydrogen-bond donors (Lipinski definition) is 2. The van der Waals surface area contributed by atoms with E-state index in [4.69, 9.17) is 14.2 Å². The second-order valence-electron chi connectivity index (χ2n) is 10.5. The fraction of sp³-hybridized carbons (Fsp3) is 0.516. The normalized spacial score (nSPS) is 17.7. The Labute approximate surface area is 246 Å². The van der Waals surface area contributed by atoms with Gasteiger partial charge in [0.15, 0.2) is 11.5 Å². The molecule has 41 heavy (non-hydrogen) atoms. The van der Waals surface area contributed by atoms with Crippen LogP contribution in [0.1, 0.15) is 50.8 Å². The third-order valence-electron chi connectivity index (χ3n) is 8.03. The quantitative estimate of drug-likeness (QED) is 0.451. The fourth-order valence-electron chi connectivity index (χ4n) is 5.66. The summed E-state index contributed by atoms with van der Waals surface area (Å²) < 4.78 is 17.1. The van der Waals surface area contributed by atoms with Gasteiger partial charge in [0.25, 0.3) is 0 Å². The Balaban J connectivity index is 1.88. The molecule has 10 heteroatoms. The molecule has 0 unspecified atom stereocenters. The van der Waals surface area contributed by atoms with Crippen LogP contribution in [0.25, 0.3) is 11.1 Å². The molecule has 1 heterocycles. The Morgan fingerprint density at radius 3 is 2.39 bits per heavy atom. The van der Waals surface area contributed by atoms with E-state index in [1.165, 1.54) is 6.92 Å². The van der Waals surface area contributed by atoms with Gasteiger partial charge < -0.3 is 29.7 Å². The molecule has 0 saturated carbocycles. The van der Waals surface area contributed by atoms with Crippen LogP contribution >= 0.6 is 11.8 Å². The van der Waals surface area contributed by atoms with Crippen molar-refractivity contribution in [3.05, 3.63) is 45.6 Å². The molecule has 1 saturated heterocycles. The molecule has 0 radical (unpaired) electrons. The summed E-state index contributed by atoms with van der Waals surface area (Å²) in [6.07, 6.45) is 1.98. The van der Waals surface area contributed by atoms with Gasteiger partial charge in [0.1, 0.15) is 6.04 Å². The van der Waals surface area contributed by atoms with Crippen LogP contribution in [0.2, 0.25) is 0 Å². The summed E-state index contributed by atoms with van der Waals surface area (Å²) in [6.45, 7) is 6.97. The largest absolute Gasteiger partial charge is 0.493 e. The molecule has 4 rings (SSSR count). The van der Waals surface area contributed by atoms with Gasteiger partial charge in [-0.25, -0.2) is 0 Å². The van der Waals surface area contributed by atoms with Crippen LogP contribution in [-0.2, 0) is 16.0 Å². The molecule has 9 nitrogen and oxygen atoms in total. The lowest BCUT2D eigenvalue weighted by atomic mass is 9.95. The first-order valence-corrected chi connectivity index (χ1v) is 15.3. The third-order valence-corrected chi connectivity index (χ3v) is 8.97. The van der Waals surface area contributed by atoms with Gasteiger partial charge in [-0.05, 0) is 53.6 Å². The Kier molecular flexibility index (Phi) is 10.1. The maximum Gasteiger partial charge on any atom is 0.245 e. The van der Waals surface area contributed by atoms with E-state index >= 15 is 0 Å². The first-order chi connectivity index (χ1) is 19.7. The predicted octanol–water partition coefficient (Wildman–Crippen LogP) is 4.27. The zero-order chi connectivity index (χ0) is 29.7. The number of carbonyl (C=O) groups excluding carboxylic acids is 2. The first kappa shape index (κ1) is 30.6. The van der Waals surface area contributed by atoms with Crippen LogP contribution in [-0.4, -0.2) is 68.7 Å². The van der Waals surface area contributed by atoms with E-state index in [0.717, 1.165) is 34.6 Å². The highest BCUT2D eigenvalue weighted by molar-refractivity contribution is 7.99. The highest BCUT2D eigenvalue weighted by Gasteiger charge is 2.32. The number of rotatable bonds is 9. The van der Waals surface area contributed by atoms with Crippen molar-refractivity contribution in [3.63, 3.8) is 0 Å². The average Bonchev–Trinajstić information content (AvgIpc) is 3.22. The highest BCUT2D eigenvalue weighted by Crippen LogP contribution is 2.50. The highest BCUT2D eigenvalue weighted by atomic mass is 32.2. The second-order valence-corrected chi connectivity index (χ2v) is 11.8. The summed E-state index contributed by atoms with van der Waals surface area (Å²) in [7, 11) is 4.71. The van der Waals surface area contributed by atoms with Crippen molar-refractivity contribution in [2.45, 2.75) is 52.1 Å². The number of ether oxygens (including phenoxy) is 3. The van der Waals surface area contributed by atoms with Gasteiger partial charge >= 0.3 is 0 Å². The van der Waals surface area contributed by atoms with Crippen LogP contribution in [0.4, 0.5) is 5.69 Å². The smallest absolute Gasteiger partial charge is 0.245 e. The Morgan fingerprint density at radius 2 is 1.78 bits per heavy atom. The Morgan fingerprint density at radius 1 is 1.07 bits per heavy atom. The molecule has 1 fully saturated rings. The minimum Gasteiger partial charge on any atom is -0.493 e. The standard InChI is InChI=1S/C31H41N3O6S/c1-7-18(2)28(31(37)34-12-14-41-15-13-34)33-24-11-9-21-22(17-25(24)36)23(32-19(3)35)10-8-20-16-26(38-4)29(39-5)30(40-6)27(20)21/h9,11,16-18,23,28H,7-8,10,12-15H2,1-6H3,(H,32,35)(H,33,36)/t18-,23+,28+/m1/s1. The van der Waals surface area contributed by atoms with Gasteiger partial charge in [0.05, 0.1) is 33.1 Å². The number of fused-ring (bicyclic) bond motifs is 3. The molecule has 1 aliphatic heterocycles. The number of nitrogens with zero attached hydrogens (tertiary/aromatic N) is 1.